The fraction of sp³-hybridized carbons (Fsp3) is 0.400. The topological polar surface area (TPSA) is 6.48 Å². The summed E-state index contributed by atoms with van der Waals surface area (Å²) < 4.78 is 0. The van der Waals surface area contributed by atoms with Crippen molar-refractivity contribution in [2.24, 2.45) is 0 Å². The summed E-state index contributed by atoms with van der Waals surface area (Å²) in [6.45, 7) is 2.15. The highest BCUT2D eigenvalue weighted by molar-refractivity contribution is 7.94. The standard InChI is InChI=1S/C20H28BN2P/c1-22(2)15-13-17-5-9-19(10-6-17)24(21)20-11-7-18(8-12-20)14-16-23(3)4/h5-12H,13-16H2,1-4H3. The van der Waals surface area contributed by atoms with Crippen molar-refractivity contribution in [2.45, 2.75) is 12.8 Å². The zero-order chi connectivity index (χ0) is 17.5. The van der Waals surface area contributed by atoms with Gasteiger partial charge in [0.25, 0.3) is 0 Å². The van der Waals surface area contributed by atoms with Crippen LogP contribution >= 0.6 is 7.80 Å². The van der Waals surface area contributed by atoms with E-state index in [4.69, 9.17) is 7.57 Å². The molecule has 0 atom stereocenters. The first-order chi connectivity index (χ1) is 11.5. The summed E-state index contributed by atoms with van der Waals surface area (Å²) in [6, 6.07) is 17.6. The first kappa shape index (κ1) is 19.2. The summed E-state index contributed by atoms with van der Waals surface area (Å²) in [5, 5.41) is 2.47. The Kier molecular flexibility index (Phi) is 7.49. The predicted molar refractivity (Wildman–Crippen MR) is 109 cm³/mol. The lowest BCUT2D eigenvalue weighted by Crippen LogP contribution is -2.16. The van der Waals surface area contributed by atoms with E-state index in [-0.39, 0.29) is 0 Å². The van der Waals surface area contributed by atoms with E-state index in [9.17, 15) is 0 Å². The van der Waals surface area contributed by atoms with Crippen molar-refractivity contribution in [3.63, 3.8) is 0 Å². The third kappa shape index (κ3) is 6.05. The third-order valence-electron chi connectivity index (χ3n) is 4.12. The van der Waals surface area contributed by atoms with Gasteiger partial charge in [0.2, 0.25) is 0 Å². The normalized spacial score (nSPS) is 11.6. The van der Waals surface area contributed by atoms with E-state index in [0.29, 0.717) is 0 Å². The zero-order valence-electron chi connectivity index (χ0n) is 15.4. The molecule has 4 heteroatoms. The van der Waals surface area contributed by atoms with Gasteiger partial charge in [-0.1, -0.05) is 56.3 Å². The van der Waals surface area contributed by atoms with Crippen LogP contribution in [0.1, 0.15) is 11.1 Å². The van der Waals surface area contributed by atoms with E-state index >= 15 is 0 Å². The number of likely N-dealkylation sites (N-methyl/N-ethyl adjacent to an activating group) is 2. The second-order valence-corrected chi connectivity index (χ2v) is 8.58. The molecule has 24 heavy (non-hydrogen) atoms. The van der Waals surface area contributed by atoms with Gasteiger partial charge in [-0.05, 0) is 62.8 Å². The van der Waals surface area contributed by atoms with Gasteiger partial charge in [-0.3, -0.25) is 0 Å². The van der Waals surface area contributed by atoms with Crippen LogP contribution in [-0.4, -0.2) is 58.6 Å². The van der Waals surface area contributed by atoms with Crippen molar-refractivity contribution in [1.29, 1.82) is 0 Å². The van der Waals surface area contributed by atoms with Gasteiger partial charge in [0.05, 0.1) is 0 Å². The number of hydrogen-bond donors (Lipinski definition) is 0. The summed E-state index contributed by atoms with van der Waals surface area (Å²) in [6.07, 6.45) is 2.16. The number of benzene rings is 2. The summed E-state index contributed by atoms with van der Waals surface area (Å²) in [5.41, 5.74) is 2.74. The van der Waals surface area contributed by atoms with Crippen molar-refractivity contribution < 1.29 is 0 Å². The molecule has 0 saturated carbocycles. The van der Waals surface area contributed by atoms with Crippen LogP contribution in [0, 0.1) is 0 Å². The van der Waals surface area contributed by atoms with E-state index in [0.717, 1.165) is 25.9 Å². The Balaban J connectivity index is 1.98. The van der Waals surface area contributed by atoms with Crippen LogP contribution < -0.4 is 10.6 Å². The van der Waals surface area contributed by atoms with Gasteiger partial charge in [0.1, 0.15) is 7.57 Å². The predicted octanol–water partition coefficient (Wildman–Crippen LogP) is 2.41. The lowest BCUT2D eigenvalue weighted by Gasteiger charge is -2.16. The van der Waals surface area contributed by atoms with Gasteiger partial charge in [0.15, 0.2) is 0 Å². The molecule has 2 rings (SSSR count). The number of rotatable bonds is 8. The molecule has 0 saturated heterocycles. The Morgan fingerprint density at radius 1 is 0.667 bits per heavy atom. The first-order valence-electron chi connectivity index (χ1n) is 8.48. The zero-order valence-corrected chi connectivity index (χ0v) is 16.3. The van der Waals surface area contributed by atoms with E-state index < -0.39 is 7.80 Å². The Labute approximate surface area is 150 Å². The maximum Gasteiger partial charge on any atom is 0.121 e. The van der Waals surface area contributed by atoms with Crippen molar-refractivity contribution in [2.75, 3.05) is 41.3 Å². The molecule has 0 fully saturated rings. The summed E-state index contributed by atoms with van der Waals surface area (Å²) in [7, 11) is 14.2. The molecular formula is C20H28BN2P. The molecule has 0 aliphatic heterocycles. The second kappa shape index (κ2) is 9.37. The molecule has 2 aromatic carbocycles. The molecule has 0 heterocycles. The van der Waals surface area contributed by atoms with Gasteiger partial charge in [-0.2, -0.15) is 0 Å². The minimum absolute atomic E-state index is 0.760. The van der Waals surface area contributed by atoms with Crippen molar-refractivity contribution in [1.82, 2.24) is 9.80 Å². The third-order valence-corrected chi connectivity index (χ3v) is 5.83. The SMILES string of the molecule is [B]P(c1ccc(CCN(C)C)cc1)c1ccc(CCN(C)C)cc1. The molecule has 126 valence electrons. The largest absolute Gasteiger partial charge is 0.309 e. The van der Waals surface area contributed by atoms with Crippen molar-refractivity contribution >= 4 is 26.0 Å². The molecule has 0 bridgehead atoms. The van der Waals surface area contributed by atoms with Crippen LogP contribution in [0.3, 0.4) is 0 Å². The van der Waals surface area contributed by atoms with Crippen LogP contribution in [0.4, 0.5) is 0 Å². The molecule has 0 aromatic heterocycles. The molecule has 2 radical (unpaired) electrons. The minimum atomic E-state index is -0.760. The first-order valence-corrected chi connectivity index (χ1v) is 9.89. The molecular weight excluding hydrogens is 310 g/mol. The van der Waals surface area contributed by atoms with Crippen molar-refractivity contribution in [3.8, 4) is 0 Å². The van der Waals surface area contributed by atoms with E-state index in [2.05, 4.69) is 86.5 Å². The highest BCUT2D eigenvalue weighted by Gasteiger charge is 2.07. The maximum absolute atomic E-state index is 6.51. The van der Waals surface area contributed by atoms with Crippen LogP contribution in [0.5, 0.6) is 0 Å². The monoisotopic (exact) mass is 338 g/mol. The lowest BCUT2D eigenvalue weighted by atomic mass is 10.1. The van der Waals surface area contributed by atoms with Crippen LogP contribution in [-0.2, 0) is 12.8 Å². The number of hydrogen-bond acceptors (Lipinski definition) is 2. The van der Waals surface area contributed by atoms with Gasteiger partial charge in [0, 0.05) is 13.1 Å². The summed E-state index contributed by atoms with van der Waals surface area (Å²) in [4.78, 5) is 4.42. The second-order valence-electron chi connectivity index (χ2n) is 6.81. The van der Waals surface area contributed by atoms with Gasteiger partial charge in [-0.25, -0.2) is 0 Å². The highest BCUT2D eigenvalue weighted by atomic mass is 31.1. The Morgan fingerprint density at radius 3 is 1.29 bits per heavy atom. The van der Waals surface area contributed by atoms with Crippen LogP contribution in [0.15, 0.2) is 48.5 Å². The molecule has 0 unspecified atom stereocenters. The van der Waals surface area contributed by atoms with Gasteiger partial charge >= 0.3 is 0 Å². The smallest absolute Gasteiger partial charge is 0.121 e. The summed E-state index contributed by atoms with van der Waals surface area (Å²) >= 11 is 0. The molecule has 0 amide bonds. The molecule has 2 aromatic rings. The highest BCUT2D eigenvalue weighted by Crippen LogP contribution is 2.27. The fourth-order valence-electron chi connectivity index (χ4n) is 2.50. The number of nitrogens with zero attached hydrogens (tertiary/aromatic N) is 2. The molecule has 0 N–H and O–H groups in total. The maximum atomic E-state index is 6.51. The quantitative estimate of drug-likeness (QED) is 0.539. The molecule has 0 aliphatic rings. The minimum Gasteiger partial charge on any atom is -0.309 e. The van der Waals surface area contributed by atoms with Gasteiger partial charge in [-0.15, -0.1) is 0 Å². The Bertz CT molecular complexity index is 553. The Morgan fingerprint density at radius 2 is 1.00 bits per heavy atom. The van der Waals surface area contributed by atoms with E-state index in [1.165, 1.54) is 21.7 Å². The van der Waals surface area contributed by atoms with Crippen LogP contribution in [0.2, 0.25) is 0 Å². The molecule has 2 nitrogen and oxygen atoms in total. The average molecular weight is 338 g/mol. The van der Waals surface area contributed by atoms with E-state index in [1.807, 2.05) is 0 Å². The molecule has 0 aliphatic carbocycles. The van der Waals surface area contributed by atoms with Crippen LogP contribution in [0.25, 0.3) is 0 Å². The Hall–Kier alpha value is -1.15. The van der Waals surface area contributed by atoms with E-state index in [1.54, 1.807) is 0 Å². The fourth-order valence-corrected chi connectivity index (χ4v) is 3.74. The van der Waals surface area contributed by atoms with Gasteiger partial charge < -0.3 is 9.80 Å². The lowest BCUT2D eigenvalue weighted by molar-refractivity contribution is 0.413. The average Bonchev–Trinajstić information content (AvgIpc) is 2.58. The van der Waals surface area contributed by atoms with Crippen molar-refractivity contribution in [3.05, 3.63) is 59.7 Å². The molecule has 0 spiro atoms. The summed E-state index contributed by atoms with van der Waals surface area (Å²) in [5.74, 6) is 0.